The van der Waals surface area contributed by atoms with E-state index in [2.05, 4.69) is 53.1 Å². The molecule has 1 aromatic carbocycles. The maximum atomic E-state index is 16.0. The SMILES string of the molecule is C=C[C@@]1(C)C[C@H](OC(=O)CSC2CC3CCC(C2)N3C)[C@@](C)(C(C)CC)C2C(=O)CCC2(C)[C@H](C)[C@H]1OC(=O)CCC(=O)OC1CCN(c2c(F)cc3c(=O)c(C(=O)O)cn4c3c2CCC4C)CC1. The Labute approximate surface area is 410 Å². The molecule has 0 spiro atoms. The molecule has 1 N–H and O–H groups in total. The molecule has 11 atom stereocenters. The standard InChI is InChI=1S/C54H74FN3O10S/c1-10-30(3)54(8)42(67-45(62)29-69-36-24-33-13-14-34(25-36)56(33)9)27-52(6,11-2)50(32(5)53(7)21-18-41(59)49(53)54)68-44(61)17-16-43(60)66-35-19-22-57(23-20-35)47-37-15-12-31(4)58-28-39(51(64)65)48(63)38(46(37)58)26-40(47)55/h11,26,28,30-36,42,49-50H,2,10,12-25,27,29H2,1,3-9H3,(H,64,65)/t30?,31?,32-,33?,34?,36?,42+,49?,50-,52+,53?,54-/m1/s1. The summed E-state index contributed by atoms with van der Waals surface area (Å²) in [5.41, 5.74) is -1.63. The van der Waals surface area contributed by atoms with Crippen molar-refractivity contribution in [2.45, 2.75) is 180 Å². The molecule has 69 heavy (non-hydrogen) atoms. The average Bonchev–Trinajstić information content (AvgIpc) is 3.72. The minimum atomic E-state index is -1.35. The number of piperidine rings is 2. The number of esters is 3. The highest BCUT2D eigenvalue weighted by Crippen LogP contribution is 2.63. The lowest BCUT2D eigenvalue weighted by Gasteiger charge is -2.58. The van der Waals surface area contributed by atoms with Crippen molar-refractivity contribution in [1.29, 1.82) is 0 Å². The first kappa shape index (κ1) is 51.1. The van der Waals surface area contributed by atoms with Crippen molar-refractivity contribution in [3.8, 4) is 0 Å². The summed E-state index contributed by atoms with van der Waals surface area (Å²) in [6.45, 7) is 19.6. The molecule has 5 heterocycles. The molecule has 2 aliphatic carbocycles. The second-order valence-corrected chi connectivity index (χ2v) is 23.6. The number of benzene rings is 1. The third-order valence-corrected chi connectivity index (χ3v) is 19.8. The second kappa shape index (κ2) is 19.8. The molecule has 15 heteroatoms. The lowest BCUT2D eigenvalue weighted by Crippen LogP contribution is -2.60. The van der Waals surface area contributed by atoms with Crippen LogP contribution in [0.3, 0.4) is 0 Å². The lowest BCUT2D eigenvalue weighted by molar-refractivity contribution is -0.198. The number of ketones is 1. The summed E-state index contributed by atoms with van der Waals surface area (Å²) >= 11 is 1.69. The van der Waals surface area contributed by atoms with Crippen LogP contribution in [0.4, 0.5) is 10.1 Å². The van der Waals surface area contributed by atoms with Gasteiger partial charge < -0.3 is 33.7 Å². The molecule has 8 rings (SSSR count). The summed E-state index contributed by atoms with van der Waals surface area (Å²) in [5, 5.41) is 10.1. The van der Waals surface area contributed by atoms with Crippen LogP contribution in [-0.2, 0) is 39.8 Å². The molecule has 0 radical (unpaired) electrons. The predicted octanol–water partition coefficient (Wildman–Crippen LogP) is 9.09. The summed E-state index contributed by atoms with van der Waals surface area (Å²) in [5.74, 6) is -3.65. The number of anilines is 1. The van der Waals surface area contributed by atoms with E-state index in [1.165, 1.54) is 19.0 Å². The molecule has 2 aromatic rings. The zero-order valence-corrected chi connectivity index (χ0v) is 42.8. The van der Waals surface area contributed by atoms with E-state index in [1.807, 2.05) is 24.8 Å². The maximum Gasteiger partial charge on any atom is 0.341 e. The van der Waals surface area contributed by atoms with E-state index in [4.69, 9.17) is 14.2 Å². The number of aromatic nitrogens is 1. The van der Waals surface area contributed by atoms with E-state index in [9.17, 15) is 33.9 Å². The smallest absolute Gasteiger partial charge is 0.341 e. The molecule has 1 aromatic heterocycles. The Morgan fingerprint density at radius 3 is 2.23 bits per heavy atom. The molecule has 6 aliphatic rings. The van der Waals surface area contributed by atoms with Crippen molar-refractivity contribution in [3.05, 3.63) is 52.1 Å². The Hall–Kier alpha value is -4.24. The highest BCUT2D eigenvalue weighted by molar-refractivity contribution is 8.00. The molecule has 3 saturated heterocycles. The van der Waals surface area contributed by atoms with E-state index >= 15 is 4.39 Å². The fourth-order valence-electron chi connectivity index (χ4n) is 13.9. The number of carboxylic acids is 1. The number of Topliss-reactive ketones (excluding diaryl/α,β-unsaturated/α-hetero) is 1. The Bertz CT molecular complexity index is 2420. The van der Waals surface area contributed by atoms with Gasteiger partial charge in [0.05, 0.1) is 29.8 Å². The number of carbonyl (C=O) groups excluding carboxylic acids is 4. The van der Waals surface area contributed by atoms with Gasteiger partial charge in [-0.2, -0.15) is 0 Å². The van der Waals surface area contributed by atoms with E-state index in [0.717, 1.165) is 25.3 Å². The Balaban J connectivity index is 0.927. The number of carbonyl (C=O) groups is 5. The van der Waals surface area contributed by atoms with Crippen LogP contribution >= 0.6 is 11.8 Å². The number of pyridine rings is 1. The number of halogens is 1. The Morgan fingerprint density at radius 1 is 0.957 bits per heavy atom. The Kier molecular flexibility index (Phi) is 14.6. The van der Waals surface area contributed by atoms with E-state index in [1.54, 1.807) is 16.3 Å². The number of ether oxygens (including phenoxy) is 3. The first-order valence-corrected chi connectivity index (χ1v) is 26.7. The minimum absolute atomic E-state index is 0.0323. The number of aromatic carboxylic acids is 1. The fraction of sp³-hybridized carbons (Fsp3) is 0.704. The van der Waals surface area contributed by atoms with Crippen LogP contribution in [0.15, 0.2) is 29.7 Å². The van der Waals surface area contributed by atoms with Gasteiger partial charge in [-0.1, -0.05) is 54.0 Å². The van der Waals surface area contributed by atoms with Gasteiger partial charge in [0.2, 0.25) is 5.43 Å². The van der Waals surface area contributed by atoms with Crippen molar-refractivity contribution >= 4 is 58.0 Å². The van der Waals surface area contributed by atoms with Gasteiger partial charge in [-0.15, -0.1) is 18.3 Å². The number of rotatable bonds is 14. The highest BCUT2D eigenvalue weighted by Gasteiger charge is 2.65. The maximum absolute atomic E-state index is 16.0. The van der Waals surface area contributed by atoms with Gasteiger partial charge in [0, 0.05) is 95.5 Å². The molecule has 378 valence electrons. The van der Waals surface area contributed by atoms with Gasteiger partial charge in [-0.05, 0) is 82.7 Å². The number of carboxylic acid groups (broad SMARTS) is 1. The molecule has 2 bridgehead atoms. The van der Waals surface area contributed by atoms with Gasteiger partial charge in [0.15, 0.2) is 0 Å². The summed E-state index contributed by atoms with van der Waals surface area (Å²) in [7, 11) is 2.21. The normalized spacial score (nSPS) is 34.1. The van der Waals surface area contributed by atoms with Crippen molar-refractivity contribution in [2.24, 2.45) is 34.0 Å². The quantitative estimate of drug-likeness (QED) is 0.109. The average molecular weight is 976 g/mol. The second-order valence-electron chi connectivity index (χ2n) is 22.4. The van der Waals surface area contributed by atoms with Crippen molar-refractivity contribution < 1.29 is 47.7 Å². The molecule has 0 amide bonds. The van der Waals surface area contributed by atoms with Gasteiger partial charge in [0.1, 0.15) is 35.5 Å². The number of aryl methyl sites for hydroxylation is 1. The summed E-state index contributed by atoms with van der Waals surface area (Å²) < 4.78 is 36.7. The number of nitrogens with zero attached hydrogens (tertiary/aromatic N) is 3. The third kappa shape index (κ3) is 9.29. The first-order valence-electron chi connectivity index (χ1n) is 25.6. The van der Waals surface area contributed by atoms with E-state index in [0.29, 0.717) is 92.1 Å². The van der Waals surface area contributed by atoms with Crippen molar-refractivity contribution in [3.63, 3.8) is 0 Å². The van der Waals surface area contributed by atoms with Gasteiger partial charge >= 0.3 is 23.9 Å². The number of hydrogen-bond acceptors (Lipinski definition) is 12. The molecule has 5 fully saturated rings. The first-order chi connectivity index (χ1) is 32.6. The van der Waals surface area contributed by atoms with Crippen LogP contribution in [0.25, 0.3) is 10.9 Å². The largest absolute Gasteiger partial charge is 0.477 e. The molecule has 2 saturated carbocycles. The highest BCUT2D eigenvalue weighted by atomic mass is 32.2. The van der Waals surface area contributed by atoms with E-state index in [-0.39, 0.29) is 59.2 Å². The van der Waals surface area contributed by atoms with Crippen LogP contribution in [0.5, 0.6) is 0 Å². The van der Waals surface area contributed by atoms with Crippen molar-refractivity contribution in [1.82, 2.24) is 9.47 Å². The van der Waals surface area contributed by atoms with Gasteiger partial charge in [-0.25, -0.2) is 9.18 Å². The predicted molar refractivity (Wildman–Crippen MR) is 264 cm³/mol. The fourth-order valence-corrected chi connectivity index (χ4v) is 15.1. The zero-order valence-electron chi connectivity index (χ0n) is 42.0. The van der Waals surface area contributed by atoms with Crippen LogP contribution in [0.2, 0.25) is 0 Å². The molecule has 6 unspecified atom stereocenters. The summed E-state index contributed by atoms with van der Waals surface area (Å²) in [6.07, 6.45) is 9.55. The lowest BCUT2D eigenvalue weighted by atomic mass is 9.48. The molecule has 4 aliphatic heterocycles. The van der Waals surface area contributed by atoms with Crippen LogP contribution in [0.1, 0.15) is 154 Å². The van der Waals surface area contributed by atoms with Gasteiger partial charge in [0.25, 0.3) is 0 Å². The Morgan fingerprint density at radius 2 is 1.61 bits per heavy atom. The number of thioether (sulfide) groups is 1. The zero-order chi connectivity index (χ0) is 49.9. The number of hydrogen-bond donors (Lipinski definition) is 1. The molecular weight excluding hydrogens is 902 g/mol. The van der Waals surface area contributed by atoms with E-state index < -0.39 is 69.6 Å². The minimum Gasteiger partial charge on any atom is -0.477 e. The van der Waals surface area contributed by atoms with Crippen LogP contribution < -0.4 is 10.3 Å². The topological polar surface area (TPSA) is 162 Å². The van der Waals surface area contributed by atoms with Crippen LogP contribution in [0, 0.1) is 39.8 Å². The summed E-state index contributed by atoms with van der Waals surface area (Å²) in [4.78, 5) is 85.1. The number of fused-ring (bicyclic) bond motifs is 3. The molecular formula is C54H74FN3O10S. The van der Waals surface area contributed by atoms with Crippen LogP contribution in [-0.4, -0.2) is 106 Å². The van der Waals surface area contributed by atoms with Gasteiger partial charge in [-0.3, -0.25) is 24.0 Å². The monoisotopic (exact) mass is 976 g/mol. The third-order valence-electron chi connectivity index (χ3n) is 18.6. The van der Waals surface area contributed by atoms with Crippen molar-refractivity contribution in [2.75, 3.05) is 30.8 Å². The summed E-state index contributed by atoms with van der Waals surface area (Å²) in [6, 6.07) is 2.20. The molecule has 13 nitrogen and oxygen atoms in total.